The Labute approximate surface area is 119 Å². The summed E-state index contributed by atoms with van der Waals surface area (Å²) in [6, 6.07) is 1.14. The molecule has 114 valence electrons. The first-order valence-corrected chi connectivity index (χ1v) is 6.22. The number of nitrogens with zero attached hydrogens (tertiary/aromatic N) is 2. The van der Waals surface area contributed by atoms with Crippen molar-refractivity contribution in [2.24, 2.45) is 0 Å². The Kier molecular flexibility index (Phi) is 5.58. The second-order valence-electron chi connectivity index (χ2n) is 4.29. The van der Waals surface area contributed by atoms with Crippen LogP contribution in [0, 0.1) is 10.1 Å². The summed E-state index contributed by atoms with van der Waals surface area (Å²) >= 11 is 0. The molecule has 1 atom stereocenters. The van der Waals surface area contributed by atoms with Crippen LogP contribution in [-0.4, -0.2) is 32.5 Å². The quantitative estimate of drug-likeness (QED) is 0.543. The molecule has 9 heteroatoms. The highest BCUT2D eigenvalue weighted by molar-refractivity contribution is 5.83. The van der Waals surface area contributed by atoms with Gasteiger partial charge < -0.3 is 15.0 Å². The van der Waals surface area contributed by atoms with E-state index < -0.39 is 28.4 Å². The van der Waals surface area contributed by atoms with Gasteiger partial charge in [-0.15, -0.1) is 0 Å². The summed E-state index contributed by atoms with van der Waals surface area (Å²) in [6.45, 7) is 1.55. The molecule has 1 heterocycles. The molecule has 0 aliphatic carbocycles. The van der Waals surface area contributed by atoms with Crippen LogP contribution in [0.2, 0.25) is 0 Å². The van der Waals surface area contributed by atoms with E-state index in [-0.39, 0.29) is 25.1 Å². The third kappa shape index (κ3) is 4.71. The molecule has 0 saturated carbocycles. The number of nitro groups is 1. The summed E-state index contributed by atoms with van der Waals surface area (Å²) in [4.78, 5) is 43.8. The molecule has 1 unspecified atom stereocenters. The minimum absolute atomic E-state index is 0.0671. The Bertz CT molecular complexity index is 609. The van der Waals surface area contributed by atoms with Gasteiger partial charge >= 0.3 is 5.97 Å². The molecule has 0 spiro atoms. The minimum atomic E-state index is -1.14. The first-order chi connectivity index (χ1) is 9.85. The Hall–Kier alpha value is -2.71. The fourth-order valence-electron chi connectivity index (χ4n) is 1.63. The molecule has 1 amide bonds. The van der Waals surface area contributed by atoms with Gasteiger partial charge in [-0.05, 0) is 6.42 Å². The topological polar surface area (TPSA) is 132 Å². The van der Waals surface area contributed by atoms with Gasteiger partial charge in [-0.3, -0.25) is 19.7 Å². The molecule has 1 rings (SSSR count). The number of aromatic nitrogens is 1. The maximum Gasteiger partial charge on any atom is 0.326 e. The highest BCUT2D eigenvalue weighted by Crippen LogP contribution is 2.06. The van der Waals surface area contributed by atoms with Crippen LogP contribution < -0.4 is 10.9 Å². The summed E-state index contributed by atoms with van der Waals surface area (Å²) in [7, 11) is 0. The van der Waals surface area contributed by atoms with Gasteiger partial charge in [0, 0.05) is 25.1 Å². The molecule has 21 heavy (non-hydrogen) atoms. The van der Waals surface area contributed by atoms with E-state index in [0.29, 0.717) is 0 Å². The molecule has 2 N–H and O–H groups in total. The van der Waals surface area contributed by atoms with E-state index in [4.69, 9.17) is 5.11 Å². The average molecular weight is 297 g/mol. The van der Waals surface area contributed by atoms with E-state index in [1.807, 2.05) is 0 Å². The van der Waals surface area contributed by atoms with E-state index in [9.17, 15) is 24.5 Å². The molecular formula is C12H15N3O6. The van der Waals surface area contributed by atoms with Crippen LogP contribution in [0.5, 0.6) is 0 Å². The predicted octanol–water partition coefficient (Wildman–Crippen LogP) is 0.126. The second-order valence-corrected chi connectivity index (χ2v) is 4.29. The van der Waals surface area contributed by atoms with Gasteiger partial charge in [0.15, 0.2) is 0 Å². The van der Waals surface area contributed by atoms with Crippen LogP contribution in [0.3, 0.4) is 0 Å². The van der Waals surface area contributed by atoms with E-state index in [1.54, 1.807) is 6.92 Å². The van der Waals surface area contributed by atoms with Gasteiger partial charge in [0.2, 0.25) is 5.91 Å². The van der Waals surface area contributed by atoms with E-state index in [2.05, 4.69) is 5.32 Å². The molecule has 0 fully saturated rings. The number of aliphatic carboxylic acids is 1. The molecule has 9 nitrogen and oxygen atoms in total. The van der Waals surface area contributed by atoms with Crippen LogP contribution >= 0.6 is 0 Å². The summed E-state index contributed by atoms with van der Waals surface area (Å²) in [5, 5.41) is 21.7. The monoisotopic (exact) mass is 297 g/mol. The first-order valence-electron chi connectivity index (χ1n) is 6.22. The highest BCUT2D eigenvalue weighted by atomic mass is 16.6. The van der Waals surface area contributed by atoms with Crippen molar-refractivity contribution in [3.63, 3.8) is 0 Å². The third-order valence-electron chi connectivity index (χ3n) is 2.80. The average Bonchev–Trinajstić information content (AvgIpc) is 2.43. The number of hydrogen-bond acceptors (Lipinski definition) is 5. The van der Waals surface area contributed by atoms with Crippen LogP contribution in [0.4, 0.5) is 5.69 Å². The van der Waals surface area contributed by atoms with E-state index in [1.165, 1.54) is 0 Å². The SMILES string of the molecule is CCC(NC(=O)CCn1cc([N+](=O)[O-])ccc1=O)C(=O)O. The van der Waals surface area contributed by atoms with Crippen molar-refractivity contribution in [2.75, 3.05) is 0 Å². The summed E-state index contributed by atoms with van der Waals surface area (Å²) < 4.78 is 1.04. The standard InChI is InChI=1S/C12H15N3O6/c1-2-9(12(18)19)13-10(16)5-6-14-7-8(15(20)21)3-4-11(14)17/h3-4,7,9H,2,5-6H2,1H3,(H,13,16)(H,18,19). The van der Waals surface area contributed by atoms with Crippen LogP contribution in [0.25, 0.3) is 0 Å². The first kappa shape index (κ1) is 16.3. The predicted molar refractivity (Wildman–Crippen MR) is 71.8 cm³/mol. The molecule has 1 aromatic heterocycles. The zero-order valence-electron chi connectivity index (χ0n) is 11.3. The number of nitrogens with one attached hydrogen (secondary N) is 1. The second kappa shape index (κ2) is 7.17. The summed E-state index contributed by atoms with van der Waals surface area (Å²) in [5.74, 6) is -1.68. The normalized spacial score (nSPS) is 11.7. The zero-order valence-corrected chi connectivity index (χ0v) is 11.3. The Morgan fingerprint density at radius 1 is 1.48 bits per heavy atom. The lowest BCUT2D eigenvalue weighted by Crippen LogP contribution is -2.40. The maximum absolute atomic E-state index is 11.6. The van der Waals surface area contributed by atoms with Crippen LogP contribution in [0.15, 0.2) is 23.1 Å². The number of aryl methyl sites for hydroxylation is 1. The van der Waals surface area contributed by atoms with Crippen molar-refractivity contribution in [1.29, 1.82) is 0 Å². The molecule has 1 aromatic rings. The van der Waals surface area contributed by atoms with Gasteiger partial charge in [-0.25, -0.2) is 4.79 Å². The third-order valence-corrected chi connectivity index (χ3v) is 2.80. The van der Waals surface area contributed by atoms with Crippen molar-refractivity contribution in [3.05, 3.63) is 38.8 Å². The number of amides is 1. The van der Waals surface area contributed by atoms with E-state index in [0.717, 1.165) is 22.9 Å². The lowest BCUT2D eigenvalue weighted by atomic mass is 10.2. The van der Waals surface area contributed by atoms with Gasteiger partial charge in [-0.1, -0.05) is 6.92 Å². The summed E-state index contributed by atoms with van der Waals surface area (Å²) in [5.41, 5.74) is -0.731. The van der Waals surface area contributed by atoms with Crippen molar-refractivity contribution in [3.8, 4) is 0 Å². The molecule has 0 aliphatic rings. The zero-order chi connectivity index (χ0) is 16.0. The maximum atomic E-state index is 11.6. The van der Waals surface area contributed by atoms with Gasteiger partial charge in [0.1, 0.15) is 6.04 Å². The molecule has 0 saturated heterocycles. The van der Waals surface area contributed by atoms with Crippen LogP contribution in [-0.2, 0) is 16.1 Å². The van der Waals surface area contributed by atoms with E-state index >= 15 is 0 Å². The number of carbonyl (C=O) groups is 2. The minimum Gasteiger partial charge on any atom is -0.480 e. The molecule has 0 aromatic carbocycles. The Morgan fingerprint density at radius 2 is 2.14 bits per heavy atom. The molecular weight excluding hydrogens is 282 g/mol. The Balaban J connectivity index is 2.69. The number of rotatable bonds is 7. The summed E-state index contributed by atoms with van der Waals surface area (Å²) in [6.07, 6.45) is 1.13. The number of carbonyl (C=O) groups excluding carboxylic acids is 1. The lowest BCUT2D eigenvalue weighted by Gasteiger charge is -2.12. The number of carboxylic acids is 1. The smallest absolute Gasteiger partial charge is 0.326 e. The number of carboxylic acid groups (broad SMARTS) is 1. The van der Waals surface area contributed by atoms with Crippen molar-refractivity contribution in [2.45, 2.75) is 32.4 Å². The van der Waals surface area contributed by atoms with Crippen LogP contribution in [0.1, 0.15) is 19.8 Å². The van der Waals surface area contributed by atoms with Gasteiger partial charge in [0.05, 0.1) is 11.1 Å². The number of hydrogen-bond donors (Lipinski definition) is 2. The van der Waals surface area contributed by atoms with Crippen molar-refractivity contribution >= 4 is 17.6 Å². The molecule has 0 radical (unpaired) electrons. The largest absolute Gasteiger partial charge is 0.480 e. The lowest BCUT2D eigenvalue weighted by molar-refractivity contribution is -0.385. The van der Waals surface area contributed by atoms with Crippen molar-refractivity contribution in [1.82, 2.24) is 9.88 Å². The Morgan fingerprint density at radius 3 is 2.67 bits per heavy atom. The van der Waals surface area contributed by atoms with Crippen molar-refractivity contribution < 1.29 is 19.6 Å². The fraction of sp³-hybridized carbons (Fsp3) is 0.417. The molecule has 0 aliphatic heterocycles. The van der Waals surface area contributed by atoms with Gasteiger partial charge in [0.25, 0.3) is 11.2 Å². The van der Waals surface area contributed by atoms with Gasteiger partial charge in [-0.2, -0.15) is 0 Å². The fourth-order valence-corrected chi connectivity index (χ4v) is 1.63. The molecule has 0 bridgehead atoms. The highest BCUT2D eigenvalue weighted by Gasteiger charge is 2.17. The number of pyridine rings is 1.